The van der Waals surface area contributed by atoms with Gasteiger partial charge in [0, 0.05) is 18.8 Å². The molecule has 2 atom stereocenters. The van der Waals surface area contributed by atoms with Crippen LogP contribution in [0.4, 0.5) is 0 Å². The summed E-state index contributed by atoms with van der Waals surface area (Å²) < 4.78 is 7.10. The smallest absolute Gasteiger partial charge is 0.293 e. The molecule has 1 aliphatic carbocycles. The molecule has 140 valence electrons. The second-order valence-electron chi connectivity index (χ2n) is 7.31. The van der Waals surface area contributed by atoms with Crippen LogP contribution in [0.5, 0.6) is 5.75 Å². The lowest BCUT2D eigenvalue weighted by molar-refractivity contribution is -0.128. The molecule has 0 unspecified atom stereocenters. The maximum Gasteiger partial charge on any atom is 0.293 e. The highest BCUT2D eigenvalue weighted by molar-refractivity contribution is 5.87. The van der Waals surface area contributed by atoms with Gasteiger partial charge in [0.05, 0.1) is 19.6 Å². The van der Waals surface area contributed by atoms with Gasteiger partial charge in [0.2, 0.25) is 5.91 Å². The number of carbonyl (C=O) groups is 1. The van der Waals surface area contributed by atoms with Crippen LogP contribution in [0, 0.1) is 5.92 Å². The van der Waals surface area contributed by atoms with E-state index in [9.17, 15) is 9.59 Å². The van der Waals surface area contributed by atoms with Crippen LogP contribution >= 0.6 is 0 Å². The molecule has 2 aliphatic rings. The second kappa shape index (κ2) is 7.06. The van der Waals surface area contributed by atoms with Gasteiger partial charge in [-0.15, -0.1) is 6.58 Å². The molecule has 5 nitrogen and oxygen atoms in total. The van der Waals surface area contributed by atoms with E-state index in [-0.39, 0.29) is 23.3 Å². The summed E-state index contributed by atoms with van der Waals surface area (Å²) in [6.45, 7) is 5.50. The van der Waals surface area contributed by atoms with E-state index in [1.165, 1.54) is 7.11 Å². The Labute approximate surface area is 158 Å². The normalized spacial score (nSPS) is 20.9. The number of methoxy groups -OCH3 is 1. The summed E-state index contributed by atoms with van der Waals surface area (Å²) in [5, 5.41) is 0. The lowest BCUT2D eigenvalue weighted by Gasteiger charge is -2.29. The van der Waals surface area contributed by atoms with E-state index >= 15 is 0 Å². The van der Waals surface area contributed by atoms with Crippen molar-refractivity contribution < 1.29 is 9.53 Å². The summed E-state index contributed by atoms with van der Waals surface area (Å²) in [6.07, 6.45) is 3.57. The van der Waals surface area contributed by atoms with Crippen molar-refractivity contribution in [3.05, 3.63) is 76.2 Å². The molecule has 1 aliphatic heterocycles. The first-order chi connectivity index (χ1) is 13.1. The van der Waals surface area contributed by atoms with Crippen LogP contribution in [0.2, 0.25) is 0 Å². The zero-order chi connectivity index (χ0) is 19.0. The van der Waals surface area contributed by atoms with Crippen molar-refractivity contribution in [1.29, 1.82) is 0 Å². The van der Waals surface area contributed by atoms with Crippen LogP contribution in [0.3, 0.4) is 0 Å². The maximum atomic E-state index is 13.1. The van der Waals surface area contributed by atoms with Crippen LogP contribution in [-0.4, -0.2) is 35.6 Å². The third-order valence-corrected chi connectivity index (χ3v) is 5.72. The van der Waals surface area contributed by atoms with Crippen molar-refractivity contribution >= 4 is 5.91 Å². The third-order valence-electron chi connectivity index (χ3n) is 5.72. The molecule has 1 amide bonds. The summed E-state index contributed by atoms with van der Waals surface area (Å²) in [6, 6.07) is 11.7. The number of aromatic nitrogens is 1. The number of carbonyl (C=O) groups excluding carboxylic acids is 1. The zero-order valence-corrected chi connectivity index (χ0v) is 15.6. The minimum Gasteiger partial charge on any atom is -0.491 e. The Morgan fingerprint density at radius 2 is 2.04 bits per heavy atom. The van der Waals surface area contributed by atoms with Gasteiger partial charge in [-0.3, -0.25) is 9.59 Å². The van der Waals surface area contributed by atoms with Gasteiger partial charge in [-0.25, -0.2) is 0 Å². The summed E-state index contributed by atoms with van der Waals surface area (Å²) in [7, 11) is 1.52. The summed E-state index contributed by atoms with van der Waals surface area (Å²) >= 11 is 0. The molecule has 0 N–H and O–H groups in total. The fourth-order valence-corrected chi connectivity index (χ4v) is 4.48. The molecule has 2 heterocycles. The number of rotatable bonds is 5. The fourth-order valence-electron chi connectivity index (χ4n) is 4.48. The van der Waals surface area contributed by atoms with Crippen LogP contribution in [0.25, 0.3) is 0 Å². The maximum absolute atomic E-state index is 13.1. The first-order valence-electron chi connectivity index (χ1n) is 9.38. The first kappa shape index (κ1) is 17.6. The summed E-state index contributed by atoms with van der Waals surface area (Å²) in [4.78, 5) is 28.0. The number of pyridine rings is 1. The number of ether oxygens (including phenoxy) is 1. The Hall–Kier alpha value is -2.82. The molecule has 1 saturated heterocycles. The van der Waals surface area contributed by atoms with Crippen molar-refractivity contribution in [3.8, 4) is 5.75 Å². The molecule has 1 aromatic carbocycles. The predicted octanol–water partition coefficient (Wildman–Crippen LogP) is 2.58. The number of amides is 1. The predicted molar refractivity (Wildman–Crippen MR) is 104 cm³/mol. The van der Waals surface area contributed by atoms with Crippen LogP contribution in [0.1, 0.15) is 29.2 Å². The lowest BCUT2D eigenvalue weighted by Crippen LogP contribution is -2.34. The molecule has 0 bridgehead atoms. The van der Waals surface area contributed by atoms with E-state index in [0.717, 1.165) is 36.2 Å². The van der Waals surface area contributed by atoms with Crippen molar-refractivity contribution in [2.75, 3.05) is 20.2 Å². The van der Waals surface area contributed by atoms with E-state index in [0.29, 0.717) is 18.8 Å². The van der Waals surface area contributed by atoms with Crippen molar-refractivity contribution in [2.24, 2.45) is 5.92 Å². The number of hydrogen-bond acceptors (Lipinski definition) is 3. The van der Waals surface area contributed by atoms with Gasteiger partial charge in [-0.05, 0) is 36.0 Å². The van der Waals surface area contributed by atoms with Gasteiger partial charge >= 0.3 is 0 Å². The standard InChI is InChI=1S/C22H24N2O3/c1-3-11-23-14-17-10-9-16-12-18(27-2)21(25)24(20(16)19(17)22(23)26)13-15-7-5-4-6-8-15/h3-8,12,17,19H,1,9-11,13-14H2,2H3/t17-,19+/m1/s1. The number of hydrogen-bond donors (Lipinski definition) is 0. The van der Waals surface area contributed by atoms with Crippen molar-refractivity contribution in [2.45, 2.75) is 25.3 Å². The quantitative estimate of drug-likeness (QED) is 0.767. The molecule has 27 heavy (non-hydrogen) atoms. The molecule has 0 saturated carbocycles. The van der Waals surface area contributed by atoms with E-state index in [1.54, 1.807) is 10.6 Å². The topological polar surface area (TPSA) is 51.5 Å². The second-order valence-corrected chi connectivity index (χ2v) is 7.31. The summed E-state index contributed by atoms with van der Waals surface area (Å²) in [5.74, 6) is 0.444. The molecule has 0 spiro atoms. The SMILES string of the molecule is C=CCN1C[C@H]2CCc3cc(OC)c(=O)n(Cc4ccccc4)c3[C@H]2C1=O. The van der Waals surface area contributed by atoms with E-state index < -0.39 is 0 Å². The fraction of sp³-hybridized carbons (Fsp3) is 0.364. The monoisotopic (exact) mass is 364 g/mol. The highest BCUT2D eigenvalue weighted by Crippen LogP contribution is 2.42. The van der Waals surface area contributed by atoms with Crippen LogP contribution in [-0.2, 0) is 17.8 Å². The Bertz CT molecular complexity index is 933. The number of aryl methyl sites for hydroxylation is 1. The average Bonchev–Trinajstić information content (AvgIpc) is 3.00. The number of nitrogens with zero attached hydrogens (tertiary/aromatic N) is 2. The van der Waals surface area contributed by atoms with Crippen molar-refractivity contribution in [1.82, 2.24) is 9.47 Å². The Morgan fingerprint density at radius 1 is 1.26 bits per heavy atom. The number of fused-ring (bicyclic) bond motifs is 3. The molecule has 1 fully saturated rings. The average molecular weight is 364 g/mol. The Kier molecular flexibility index (Phi) is 4.60. The van der Waals surface area contributed by atoms with Gasteiger partial charge < -0.3 is 14.2 Å². The number of benzene rings is 1. The minimum absolute atomic E-state index is 0.104. The van der Waals surface area contributed by atoms with Crippen LogP contribution in [0.15, 0.2) is 53.8 Å². The van der Waals surface area contributed by atoms with E-state index in [2.05, 4.69) is 6.58 Å². The van der Waals surface area contributed by atoms with E-state index in [1.807, 2.05) is 41.3 Å². The highest BCUT2D eigenvalue weighted by Gasteiger charge is 2.45. The highest BCUT2D eigenvalue weighted by atomic mass is 16.5. The molecule has 1 aromatic heterocycles. The van der Waals surface area contributed by atoms with Gasteiger partial charge in [-0.2, -0.15) is 0 Å². The zero-order valence-electron chi connectivity index (χ0n) is 15.6. The van der Waals surface area contributed by atoms with Gasteiger partial charge in [0.25, 0.3) is 5.56 Å². The molecule has 4 rings (SSSR count). The molecule has 2 aromatic rings. The molecular formula is C22H24N2O3. The number of likely N-dealkylation sites (tertiary alicyclic amines) is 1. The first-order valence-corrected chi connectivity index (χ1v) is 9.38. The molecule has 5 heteroatoms. The van der Waals surface area contributed by atoms with Crippen molar-refractivity contribution in [3.63, 3.8) is 0 Å². The molecule has 0 radical (unpaired) electrons. The van der Waals surface area contributed by atoms with Crippen LogP contribution < -0.4 is 10.3 Å². The molecular weight excluding hydrogens is 340 g/mol. The summed E-state index contributed by atoms with van der Waals surface area (Å²) in [5.41, 5.74) is 2.79. The lowest BCUT2D eigenvalue weighted by atomic mass is 9.79. The largest absolute Gasteiger partial charge is 0.491 e. The van der Waals surface area contributed by atoms with Gasteiger partial charge in [-0.1, -0.05) is 36.4 Å². The van der Waals surface area contributed by atoms with Gasteiger partial charge in [0.15, 0.2) is 5.75 Å². The third kappa shape index (κ3) is 2.97. The minimum atomic E-state index is -0.254. The van der Waals surface area contributed by atoms with Gasteiger partial charge in [0.1, 0.15) is 0 Å². The van der Waals surface area contributed by atoms with E-state index in [4.69, 9.17) is 4.74 Å². The Morgan fingerprint density at radius 3 is 2.74 bits per heavy atom. The Balaban J connectivity index is 1.85.